The maximum Gasteiger partial charge on any atom is 0.343 e. The lowest BCUT2D eigenvalue weighted by atomic mass is 10.2. The van der Waals surface area contributed by atoms with Crippen molar-refractivity contribution in [1.29, 1.82) is 0 Å². The molecule has 4 heteroatoms. The van der Waals surface area contributed by atoms with E-state index in [0.29, 0.717) is 6.54 Å². The predicted molar refractivity (Wildman–Crippen MR) is 36.9 cm³/mol. The first-order valence-electron chi connectivity index (χ1n) is 3.48. The van der Waals surface area contributed by atoms with Gasteiger partial charge >= 0.3 is 6.10 Å². The molecule has 4 nitrogen and oxygen atoms in total. The molecule has 0 aliphatic heterocycles. The summed E-state index contributed by atoms with van der Waals surface area (Å²) in [5, 5.41) is 27.1. The number of hydrogen-bond acceptors (Lipinski definition) is 4. The monoisotopic (exact) mass is 149 g/mol. The number of nitrogens with one attached hydrogen (secondary N) is 1. The quantitative estimate of drug-likeness (QED) is 0.310. The standard InChI is InChI=1S/C6H15NO3/c1-2-3-4-5-7-6(8,9)10/h7-10H,2-5H2,1H3. The molecule has 0 amide bonds. The molecule has 4 N–H and O–H groups in total. The van der Waals surface area contributed by atoms with E-state index in [4.69, 9.17) is 15.3 Å². The topological polar surface area (TPSA) is 72.7 Å². The summed E-state index contributed by atoms with van der Waals surface area (Å²) >= 11 is 0. The summed E-state index contributed by atoms with van der Waals surface area (Å²) in [5.41, 5.74) is 0. The Morgan fingerprint density at radius 1 is 1.20 bits per heavy atom. The van der Waals surface area contributed by atoms with Gasteiger partial charge in [-0.25, -0.2) is 5.32 Å². The smallest absolute Gasteiger partial charge is 0.330 e. The molecule has 0 fully saturated rings. The predicted octanol–water partition coefficient (Wildman–Crippen LogP) is -0.646. The summed E-state index contributed by atoms with van der Waals surface area (Å²) in [6, 6.07) is 0. The molecule has 0 saturated heterocycles. The van der Waals surface area contributed by atoms with E-state index in [-0.39, 0.29) is 0 Å². The Bertz CT molecular complexity index is 79.6. The summed E-state index contributed by atoms with van der Waals surface area (Å²) in [7, 11) is 0. The molecule has 0 spiro atoms. The van der Waals surface area contributed by atoms with E-state index in [0.717, 1.165) is 19.3 Å². The van der Waals surface area contributed by atoms with E-state index in [2.05, 4.69) is 5.32 Å². The fourth-order valence-corrected chi connectivity index (χ4v) is 0.631. The van der Waals surface area contributed by atoms with Gasteiger partial charge in [0.05, 0.1) is 0 Å². The minimum Gasteiger partial charge on any atom is -0.330 e. The molecule has 0 aromatic heterocycles. The maximum atomic E-state index is 8.32. The van der Waals surface area contributed by atoms with Crippen LogP contribution < -0.4 is 5.32 Å². The van der Waals surface area contributed by atoms with Crippen molar-refractivity contribution in [3.63, 3.8) is 0 Å². The molecule has 0 heterocycles. The van der Waals surface area contributed by atoms with E-state index >= 15 is 0 Å². The summed E-state index contributed by atoms with van der Waals surface area (Å²) < 4.78 is 0. The third kappa shape index (κ3) is 7.84. The van der Waals surface area contributed by atoms with Crippen LogP contribution in [-0.4, -0.2) is 28.0 Å². The van der Waals surface area contributed by atoms with Crippen molar-refractivity contribution in [3.8, 4) is 0 Å². The second-order valence-corrected chi connectivity index (χ2v) is 2.27. The lowest BCUT2D eigenvalue weighted by Gasteiger charge is -2.14. The Labute approximate surface area is 60.5 Å². The Hall–Kier alpha value is -0.160. The van der Waals surface area contributed by atoms with Crippen LogP contribution in [0.2, 0.25) is 0 Å². The van der Waals surface area contributed by atoms with Crippen LogP contribution in [0.5, 0.6) is 0 Å². The molecule has 0 unspecified atom stereocenters. The summed E-state index contributed by atoms with van der Waals surface area (Å²) in [6.07, 6.45) is 0.216. The van der Waals surface area contributed by atoms with Gasteiger partial charge in [-0.2, -0.15) is 0 Å². The van der Waals surface area contributed by atoms with Gasteiger partial charge in [-0.15, -0.1) is 0 Å². The normalized spacial score (nSPS) is 12.0. The fraction of sp³-hybridized carbons (Fsp3) is 1.00. The summed E-state index contributed by atoms with van der Waals surface area (Å²) in [4.78, 5) is 0. The average Bonchev–Trinajstić information content (AvgIpc) is 1.78. The third-order valence-electron chi connectivity index (χ3n) is 1.14. The number of unbranched alkanes of at least 4 members (excludes halogenated alkanes) is 2. The molecule has 0 bridgehead atoms. The van der Waals surface area contributed by atoms with Crippen molar-refractivity contribution in [1.82, 2.24) is 5.32 Å². The molecular formula is C6H15NO3. The van der Waals surface area contributed by atoms with Crippen LogP contribution in [0.1, 0.15) is 26.2 Å². The van der Waals surface area contributed by atoms with Gasteiger partial charge in [-0.05, 0) is 6.42 Å². The fourth-order valence-electron chi connectivity index (χ4n) is 0.631. The van der Waals surface area contributed by atoms with Crippen LogP contribution in [0.4, 0.5) is 0 Å². The summed E-state index contributed by atoms with van der Waals surface area (Å²) in [6.45, 7) is 2.46. The highest BCUT2D eigenvalue weighted by molar-refractivity contribution is 4.46. The number of hydrogen-bond donors (Lipinski definition) is 4. The van der Waals surface area contributed by atoms with Crippen LogP contribution in [0.25, 0.3) is 0 Å². The largest absolute Gasteiger partial charge is 0.343 e. The molecule has 0 atom stereocenters. The SMILES string of the molecule is CCCCCNC(O)(O)O. The first-order valence-corrected chi connectivity index (χ1v) is 3.48. The van der Waals surface area contributed by atoms with E-state index in [1.54, 1.807) is 0 Å². The van der Waals surface area contributed by atoms with Gasteiger partial charge < -0.3 is 15.3 Å². The molecule has 0 aliphatic rings. The van der Waals surface area contributed by atoms with Crippen LogP contribution in [0.3, 0.4) is 0 Å². The van der Waals surface area contributed by atoms with E-state index in [1.165, 1.54) is 0 Å². The molecule has 0 aromatic carbocycles. The van der Waals surface area contributed by atoms with Gasteiger partial charge in [0.25, 0.3) is 0 Å². The van der Waals surface area contributed by atoms with Gasteiger partial charge in [0.2, 0.25) is 0 Å². The first kappa shape index (κ1) is 9.84. The molecule has 62 valence electrons. The maximum absolute atomic E-state index is 8.32. The summed E-state index contributed by atoms with van der Waals surface area (Å²) in [5.74, 6) is 0. The van der Waals surface area contributed by atoms with Crippen molar-refractivity contribution >= 4 is 0 Å². The van der Waals surface area contributed by atoms with Crippen molar-refractivity contribution in [2.45, 2.75) is 32.3 Å². The van der Waals surface area contributed by atoms with Crippen molar-refractivity contribution < 1.29 is 15.3 Å². The van der Waals surface area contributed by atoms with Crippen LogP contribution in [0.15, 0.2) is 0 Å². The Balaban J connectivity index is 3.04. The molecule has 0 rings (SSSR count). The highest BCUT2D eigenvalue weighted by atomic mass is 16.7. The molecule has 0 saturated carbocycles. The molecule has 0 aromatic rings. The Morgan fingerprint density at radius 2 is 1.80 bits per heavy atom. The zero-order chi connectivity index (χ0) is 8.04. The molecular weight excluding hydrogens is 134 g/mol. The lowest BCUT2D eigenvalue weighted by molar-refractivity contribution is -0.331. The molecule has 0 aliphatic carbocycles. The number of rotatable bonds is 5. The Kier molecular flexibility index (Phi) is 4.55. The van der Waals surface area contributed by atoms with Gasteiger partial charge in [0, 0.05) is 6.54 Å². The molecule has 10 heavy (non-hydrogen) atoms. The van der Waals surface area contributed by atoms with Gasteiger partial charge in [-0.3, -0.25) is 0 Å². The molecule has 0 radical (unpaired) electrons. The van der Waals surface area contributed by atoms with E-state index in [1.807, 2.05) is 6.92 Å². The zero-order valence-electron chi connectivity index (χ0n) is 6.17. The number of aliphatic hydroxyl groups is 3. The van der Waals surface area contributed by atoms with Crippen molar-refractivity contribution in [2.24, 2.45) is 0 Å². The van der Waals surface area contributed by atoms with Gasteiger partial charge in [0.1, 0.15) is 0 Å². The van der Waals surface area contributed by atoms with Gasteiger partial charge in [-0.1, -0.05) is 19.8 Å². The second kappa shape index (κ2) is 4.62. The highest BCUT2D eigenvalue weighted by Gasteiger charge is 2.14. The minimum absolute atomic E-state index is 0.414. The average molecular weight is 149 g/mol. The zero-order valence-corrected chi connectivity index (χ0v) is 6.17. The first-order chi connectivity index (χ1) is 4.56. The third-order valence-corrected chi connectivity index (χ3v) is 1.14. The Morgan fingerprint density at radius 3 is 2.20 bits per heavy atom. The highest BCUT2D eigenvalue weighted by Crippen LogP contribution is 1.93. The van der Waals surface area contributed by atoms with E-state index in [9.17, 15) is 0 Å². The van der Waals surface area contributed by atoms with Crippen molar-refractivity contribution in [2.75, 3.05) is 6.54 Å². The van der Waals surface area contributed by atoms with Crippen molar-refractivity contribution in [3.05, 3.63) is 0 Å². The van der Waals surface area contributed by atoms with Crippen LogP contribution >= 0.6 is 0 Å². The van der Waals surface area contributed by atoms with Gasteiger partial charge in [0.15, 0.2) is 0 Å². The van der Waals surface area contributed by atoms with E-state index < -0.39 is 6.10 Å². The van der Waals surface area contributed by atoms with Crippen LogP contribution in [0, 0.1) is 0 Å². The second-order valence-electron chi connectivity index (χ2n) is 2.27. The lowest BCUT2D eigenvalue weighted by Crippen LogP contribution is -2.45. The van der Waals surface area contributed by atoms with Crippen LogP contribution in [-0.2, 0) is 0 Å². The minimum atomic E-state index is -2.70.